The summed E-state index contributed by atoms with van der Waals surface area (Å²) >= 11 is 11.6. The second-order valence-corrected chi connectivity index (χ2v) is 4.64. The molecule has 1 aromatic heterocycles. The predicted molar refractivity (Wildman–Crippen MR) is 58.5 cm³/mol. The van der Waals surface area contributed by atoms with E-state index < -0.39 is 0 Å². The van der Waals surface area contributed by atoms with E-state index in [1.54, 1.807) is 0 Å². The van der Waals surface area contributed by atoms with Gasteiger partial charge in [0.05, 0.1) is 5.69 Å². The highest BCUT2D eigenvalue weighted by Gasteiger charge is 2.06. The maximum atomic E-state index is 5.87. The quantitative estimate of drug-likeness (QED) is 0.647. The van der Waals surface area contributed by atoms with Crippen molar-refractivity contribution >= 4 is 51.3 Å². The van der Waals surface area contributed by atoms with Crippen LogP contribution in [-0.2, 0) is 0 Å². The van der Waals surface area contributed by atoms with E-state index in [4.69, 9.17) is 17.3 Å². The van der Waals surface area contributed by atoms with Gasteiger partial charge in [-0.2, -0.15) is 0 Å². The molecule has 0 bridgehead atoms. The first kappa shape index (κ1) is 8.23. The molecule has 0 aliphatic heterocycles. The molecule has 4 heteroatoms. The summed E-state index contributed by atoms with van der Waals surface area (Å²) in [6, 6.07) is 5.81. The second kappa shape index (κ2) is 2.83. The smallest absolute Gasteiger partial charge is 0.117 e. The molecule has 0 amide bonds. The van der Waals surface area contributed by atoms with Crippen LogP contribution >= 0.6 is 35.6 Å². The molecule has 2 rings (SSSR count). The number of nitrogens with two attached hydrogens (primary N) is 1. The second-order valence-electron chi connectivity index (χ2n) is 2.47. The van der Waals surface area contributed by atoms with E-state index in [9.17, 15) is 0 Å². The van der Waals surface area contributed by atoms with Crippen LogP contribution in [0, 0.1) is 0 Å². The summed E-state index contributed by atoms with van der Waals surface area (Å²) in [5.41, 5.74) is 6.41. The molecule has 1 heterocycles. The molecule has 0 fully saturated rings. The number of fused-ring (bicyclic) bond motifs is 1. The van der Waals surface area contributed by atoms with E-state index in [0.29, 0.717) is 10.0 Å². The Balaban J connectivity index is 2.87. The summed E-state index contributed by atoms with van der Waals surface area (Å²) in [5.74, 6) is 0. The number of anilines is 1. The van der Waals surface area contributed by atoms with Crippen molar-refractivity contribution in [2.75, 3.05) is 5.73 Å². The van der Waals surface area contributed by atoms with Crippen LogP contribution in [0.15, 0.2) is 23.1 Å². The number of nitrogen functional groups attached to an aromatic ring is 1. The summed E-state index contributed by atoms with van der Waals surface area (Å²) in [6.07, 6.45) is 0. The first-order valence-electron chi connectivity index (χ1n) is 3.35. The number of thiol groups is 1. The lowest BCUT2D eigenvalue weighted by Crippen LogP contribution is -1.80. The zero-order valence-electron chi connectivity index (χ0n) is 6.04. The van der Waals surface area contributed by atoms with Crippen LogP contribution in [0.3, 0.4) is 0 Å². The van der Waals surface area contributed by atoms with E-state index in [0.717, 1.165) is 15.0 Å². The Morgan fingerprint density at radius 1 is 1.42 bits per heavy atom. The highest BCUT2D eigenvalue weighted by Crippen LogP contribution is 2.37. The molecule has 0 unspecified atom stereocenters. The summed E-state index contributed by atoms with van der Waals surface area (Å²) < 4.78 is 1.74. The summed E-state index contributed by atoms with van der Waals surface area (Å²) in [4.78, 5) is 0.931. The Kier molecular flexibility index (Phi) is 1.94. The van der Waals surface area contributed by atoms with Gasteiger partial charge in [0.25, 0.3) is 0 Å². The van der Waals surface area contributed by atoms with Gasteiger partial charge in [0.1, 0.15) is 4.34 Å². The van der Waals surface area contributed by atoms with E-state index in [-0.39, 0.29) is 0 Å². The maximum Gasteiger partial charge on any atom is 0.117 e. The minimum atomic E-state index is 0.656. The van der Waals surface area contributed by atoms with Gasteiger partial charge in [-0.05, 0) is 12.1 Å². The Labute approximate surface area is 84.6 Å². The summed E-state index contributed by atoms with van der Waals surface area (Å²) in [5, 5.41) is 1.02. The van der Waals surface area contributed by atoms with Crippen molar-refractivity contribution < 1.29 is 0 Å². The fourth-order valence-electron chi connectivity index (χ4n) is 1.08. The highest BCUT2D eigenvalue weighted by molar-refractivity contribution is 7.80. The Morgan fingerprint density at radius 2 is 2.17 bits per heavy atom. The lowest BCUT2D eigenvalue weighted by Gasteiger charge is -1.91. The van der Waals surface area contributed by atoms with Crippen LogP contribution in [0.25, 0.3) is 10.1 Å². The van der Waals surface area contributed by atoms with Crippen molar-refractivity contribution in [2.24, 2.45) is 0 Å². The van der Waals surface area contributed by atoms with Crippen molar-refractivity contribution in [2.45, 2.75) is 4.90 Å². The lowest BCUT2D eigenvalue weighted by molar-refractivity contribution is 1.54. The van der Waals surface area contributed by atoms with E-state index in [2.05, 4.69) is 12.6 Å². The van der Waals surface area contributed by atoms with Crippen molar-refractivity contribution in [1.29, 1.82) is 0 Å². The number of hydrogen-bond acceptors (Lipinski definition) is 3. The number of halogens is 1. The van der Waals surface area contributed by atoms with Gasteiger partial charge in [0.15, 0.2) is 0 Å². The normalized spacial score (nSPS) is 10.8. The zero-order valence-corrected chi connectivity index (χ0v) is 8.51. The van der Waals surface area contributed by atoms with Gasteiger partial charge in [-0.25, -0.2) is 0 Å². The number of benzene rings is 1. The summed E-state index contributed by atoms with van der Waals surface area (Å²) in [6.45, 7) is 0. The molecule has 0 saturated heterocycles. The van der Waals surface area contributed by atoms with Crippen molar-refractivity contribution in [3.05, 3.63) is 22.5 Å². The zero-order chi connectivity index (χ0) is 8.72. The maximum absolute atomic E-state index is 5.87. The van der Waals surface area contributed by atoms with Crippen LogP contribution < -0.4 is 5.73 Å². The fraction of sp³-hybridized carbons (Fsp3) is 0. The van der Waals surface area contributed by atoms with Crippen LogP contribution in [0.1, 0.15) is 0 Å². The molecular weight excluding hydrogens is 210 g/mol. The molecule has 0 aliphatic carbocycles. The molecule has 2 aromatic rings. The predicted octanol–water partition coefficient (Wildman–Crippen LogP) is 3.43. The van der Waals surface area contributed by atoms with Crippen LogP contribution in [-0.4, -0.2) is 0 Å². The number of rotatable bonds is 0. The van der Waals surface area contributed by atoms with Crippen molar-refractivity contribution in [3.63, 3.8) is 0 Å². The minimum absolute atomic E-state index is 0.656. The topological polar surface area (TPSA) is 26.0 Å². The van der Waals surface area contributed by atoms with E-state index >= 15 is 0 Å². The Bertz CT molecular complexity index is 436. The monoisotopic (exact) mass is 215 g/mol. The molecule has 0 spiro atoms. The van der Waals surface area contributed by atoms with Gasteiger partial charge < -0.3 is 5.73 Å². The third-order valence-corrected chi connectivity index (χ3v) is 3.34. The first-order valence-corrected chi connectivity index (χ1v) is 4.99. The van der Waals surface area contributed by atoms with Gasteiger partial charge in [0, 0.05) is 15.0 Å². The van der Waals surface area contributed by atoms with Crippen LogP contribution in [0.5, 0.6) is 0 Å². The molecular formula is C8H6ClNS2. The molecule has 0 radical (unpaired) electrons. The third-order valence-electron chi connectivity index (χ3n) is 1.67. The van der Waals surface area contributed by atoms with E-state index in [1.165, 1.54) is 11.3 Å². The van der Waals surface area contributed by atoms with Crippen LogP contribution in [0.2, 0.25) is 4.34 Å². The Morgan fingerprint density at radius 3 is 2.92 bits per heavy atom. The third kappa shape index (κ3) is 1.18. The van der Waals surface area contributed by atoms with E-state index in [1.807, 2.05) is 18.2 Å². The van der Waals surface area contributed by atoms with Crippen LogP contribution in [0.4, 0.5) is 5.69 Å². The average Bonchev–Trinajstić information content (AvgIpc) is 2.28. The molecule has 0 aliphatic rings. The highest BCUT2D eigenvalue weighted by atomic mass is 35.5. The molecule has 12 heavy (non-hydrogen) atoms. The van der Waals surface area contributed by atoms with Crippen molar-refractivity contribution in [1.82, 2.24) is 0 Å². The number of thiophene rings is 1. The Hall–Kier alpha value is -0.380. The lowest BCUT2D eigenvalue weighted by atomic mass is 10.2. The minimum Gasteiger partial charge on any atom is -0.396 e. The largest absolute Gasteiger partial charge is 0.396 e. The molecule has 0 atom stereocenters. The molecule has 2 N–H and O–H groups in total. The van der Waals surface area contributed by atoms with Gasteiger partial charge >= 0.3 is 0 Å². The first-order chi connectivity index (χ1) is 5.68. The standard InChI is InChI=1S/C8H6ClNS2/c9-8-7(10)5-2-1-4(11)3-6(5)12-8/h1-3,11H,10H2. The number of hydrogen-bond donors (Lipinski definition) is 2. The average molecular weight is 216 g/mol. The van der Waals surface area contributed by atoms with Gasteiger partial charge in [-0.15, -0.1) is 24.0 Å². The van der Waals surface area contributed by atoms with Gasteiger partial charge in [-0.3, -0.25) is 0 Å². The summed E-state index contributed by atoms with van der Waals surface area (Å²) in [7, 11) is 0. The molecule has 62 valence electrons. The fourth-order valence-corrected chi connectivity index (χ4v) is 2.60. The van der Waals surface area contributed by atoms with Crippen molar-refractivity contribution in [3.8, 4) is 0 Å². The SMILES string of the molecule is Nc1c(Cl)sc2cc(S)ccc12. The molecule has 1 nitrogen and oxygen atoms in total. The molecule has 1 aromatic carbocycles. The molecule has 0 saturated carbocycles. The van der Waals surface area contributed by atoms with Gasteiger partial charge in [0.2, 0.25) is 0 Å². The van der Waals surface area contributed by atoms with Gasteiger partial charge in [-0.1, -0.05) is 17.7 Å².